The van der Waals surface area contributed by atoms with Crippen molar-refractivity contribution in [2.24, 2.45) is 0 Å². The number of benzene rings is 1. The van der Waals surface area contributed by atoms with Crippen LogP contribution in [-0.4, -0.2) is 27.9 Å². The lowest BCUT2D eigenvalue weighted by atomic mass is 10.0. The van der Waals surface area contributed by atoms with Gasteiger partial charge in [-0.05, 0) is 43.0 Å². The van der Waals surface area contributed by atoms with E-state index in [2.05, 4.69) is 0 Å². The standard InChI is InChI=1S/C16H26O3Si/c1-18-20(19-2,16-6-4-3-5-7-16)13-12-14-8-10-15(17)11-9-14/h8-11,16-17H,3-7,12-13H2,1-2H3. The Labute approximate surface area is 123 Å². The summed E-state index contributed by atoms with van der Waals surface area (Å²) < 4.78 is 11.9. The van der Waals surface area contributed by atoms with E-state index in [1.165, 1.54) is 37.7 Å². The van der Waals surface area contributed by atoms with E-state index in [0.717, 1.165) is 12.5 Å². The van der Waals surface area contributed by atoms with Crippen LogP contribution in [0.3, 0.4) is 0 Å². The summed E-state index contributed by atoms with van der Waals surface area (Å²) in [5.41, 5.74) is 1.87. The Morgan fingerprint density at radius 2 is 1.65 bits per heavy atom. The molecule has 1 saturated carbocycles. The van der Waals surface area contributed by atoms with E-state index in [1.807, 2.05) is 26.4 Å². The number of phenolic OH excluding ortho intramolecular Hbond substituents is 1. The zero-order chi connectivity index (χ0) is 14.4. The van der Waals surface area contributed by atoms with Gasteiger partial charge in [0.25, 0.3) is 0 Å². The second-order valence-electron chi connectivity index (χ2n) is 5.72. The molecule has 1 fully saturated rings. The predicted octanol–water partition coefficient (Wildman–Crippen LogP) is 4.00. The summed E-state index contributed by atoms with van der Waals surface area (Å²) in [4.78, 5) is 0. The maximum absolute atomic E-state index is 9.34. The zero-order valence-corrected chi connectivity index (χ0v) is 13.6. The van der Waals surface area contributed by atoms with E-state index in [9.17, 15) is 5.11 Å². The molecule has 1 aliphatic carbocycles. The highest BCUT2D eigenvalue weighted by molar-refractivity contribution is 6.69. The van der Waals surface area contributed by atoms with E-state index in [0.29, 0.717) is 11.3 Å². The highest BCUT2D eigenvalue weighted by Crippen LogP contribution is 2.40. The average molecular weight is 294 g/mol. The lowest BCUT2D eigenvalue weighted by Gasteiger charge is -2.37. The molecule has 2 rings (SSSR count). The third-order valence-electron chi connectivity index (χ3n) is 4.62. The van der Waals surface area contributed by atoms with Crippen LogP contribution in [0.1, 0.15) is 37.7 Å². The molecule has 1 aromatic carbocycles. The van der Waals surface area contributed by atoms with E-state index < -0.39 is 8.56 Å². The Hall–Kier alpha value is -0.843. The zero-order valence-electron chi connectivity index (χ0n) is 12.6. The minimum Gasteiger partial charge on any atom is -0.508 e. The van der Waals surface area contributed by atoms with E-state index >= 15 is 0 Å². The van der Waals surface area contributed by atoms with Gasteiger partial charge in [-0.3, -0.25) is 0 Å². The molecule has 0 aliphatic heterocycles. The first-order valence-electron chi connectivity index (χ1n) is 7.58. The van der Waals surface area contributed by atoms with Gasteiger partial charge >= 0.3 is 8.56 Å². The van der Waals surface area contributed by atoms with Crippen molar-refractivity contribution in [3.05, 3.63) is 29.8 Å². The van der Waals surface area contributed by atoms with Gasteiger partial charge in [0.05, 0.1) is 0 Å². The number of phenols is 1. The van der Waals surface area contributed by atoms with Crippen LogP contribution in [0.4, 0.5) is 0 Å². The van der Waals surface area contributed by atoms with Crippen molar-refractivity contribution < 1.29 is 14.0 Å². The Bertz CT molecular complexity index is 395. The molecule has 0 saturated heterocycles. The molecule has 1 N–H and O–H groups in total. The third-order valence-corrected chi connectivity index (χ3v) is 8.77. The van der Waals surface area contributed by atoms with Crippen molar-refractivity contribution in [1.29, 1.82) is 0 Å². The number of rotatable bonds is 6. The number of aromatic hydroxyl groups is 1. The molecule has 1 aliphatic rings. The quantitative estimate of drug-likeness (QED) is 0.806. The van der Waals surface area contributed by atoms with Gasteiger partial charge in [0.2, 0.25) is 0 Å². The molecule has 4 heteroatoms. The van der Waals surface area contributed by atoms with Gasteiger partial charge in [-0.1, -0.05) is 31.4 Å². The second-order valence-corrected chi connectivity index (χ2v) is 9.48. The third kappa shape index (κ3) is 3.62. The van der Waals surface area contributed by atoms with Crippen molar-refractivity contribution in [3.8, 4) is 5.75 Å². The van der Waals surface area contributed by atoms with Gasteiger partial charge in [-0.25, -0.2) is 0 Å². The summed E-state index contributed by atoms with van der Waals surface area (Å²) in [6.07, 6.45) is 7.45. The lowest BCUT2D eigenvalue weighted by Crippen LogP contribution is -2.46. The summed E-state index contributed by atoms with van der Waals surface area (Å²) in [7, 11) is 1.54. The summed E-state index contributed by atoms with van der Waals surface area (Å²) in [6.45, 7) is 0. The summed E-state index contributed by atoms with van der Waals surface area (Å²) in [5.74, 6) is 0.322. The number of hydrogen-bond acceptors (Lipinski definition) is 3. The van der Waals surface area contributed by atoms with Crippen LogP contribution in [0.15, 0.2) is 24.3 Å². The van der Waals surface area contributed by atoms with Gasteiger partial charge in [0.15, 0.2) is 0 Å². The Kier molecular flexibility index (Phi) is 5.63. The Balaban J connectivity index is 2.02. The van der Waals surface area contributed by atoms with Crippen molar-refractivity contribution >= 4 is 8.56 Å². The molecule has 0 amide bonds. The molecule has 112 valence electrons. The SMILES string of the molecule is CO[Si](CCc1ccc(O)cc1)(OC)C1CCCCC1. The molecule has 1 aromatic rings. The molecule has 0 spiro atoms. The fourth-order valence-corrected chi connectivity index (χ4v) is 6.92. The Morgan fingerprint density at radius 3 is 2.20 bits per heavy atom. The van der Waals surface area contributed by atoms with Crippen molar-refractivity contribution in [2.45, 2.75) is 50.1 Å². The van der Waals surface area contributed by atoms with Crippen LogP contribution in [0.5, 0.6) is 5.75 Å². The molecule has 0 atom stereocenters. The molecular weight excluding hydrogens is 268 g/mol. The summed E-state index contributed by atoms with van der Waals surface area (Å²) >= 11 is 0. The van der Waals surface area contributed by atoms with Gasteiger partial charge in [0, 0.05) is 19.8 Å². The topological polar surface area (TPSA) is 38.7 Å². The monoisotopic (exact) mass is 294 g/mol. The van der Waals surface area contributed by atoms with Gasteiger partial charge < -0.3 is 14.0 Å². The smallest absolute Gasteiger partial charge is 0.341 e. The van der Waals surface area contributed by atoms with Crippen LogP contribution in [0.2, 0.25) is 11.6 Å². The molecule has 0 bridgehead atoms. The minimum absolute atomic E-state index is 0.322. The molecule has 20 heavy (non-hydrogen) atoms. The Morgan fingerprint density at radius 1 is 1.05 bits per heavy atom. The molecule has 0 radical (unpaired) electrons. The predicted molar refractivity (Wildman–Crippen MR) is 83.2 cm³/mol. The van der Waals surface area contributed by atoms with Crippen LogP contribution >= 0.6 is 0 Å². The second kappa shape index (κ2) is 7.25. The lowest BCUT2D eigenvalue weighted by molar-refractivity contribution is 0.216. The minimum atomic E-state index is -2.10. The van der Waals surface area contributed by atoms with Crippen LogP contribution in [-0.2, 0) is 15.3 Å². The van der Waals surface area contributed by atoms with Crippen LogP contribution < -0.4 is 0 Å². The maximum atomic E-state index is 9.34. The fourth-order valence-electron chi connectivity index (χ4n) is 3.35. The highest BCUT2D eigenvalue weighted by atomic mass is 28.4. The largest absolute Gasteiger partial charge is 0.508 e. The molecular formula is C16H26O3Si. The average Bonchev–Trinajstić information content (AvgIpc) is 2.51. The molecule has 0 unspecified atom stereocenters. The first-order chi connectivity index (χ1) is 9.70. The number of hydrogen-bond donors (Lipinski definition) is 1. The van der Waals surface area contributed by atoms with E-state index in [4.69, 9.17) is 8.85 Å². The highest BCUT2D eigenvalue weighted by Gasteiger charge is 2.44. The first-order valence-corrected chi connectivity index (χ1v) is 9.68. The summed E-state index contributed by atoms with van der Waals surface area (Å²) in [5, 5.41) is 9.34. The van der Waals surface area contributed by atoms with Gasteiger partial charge in [0.1, 0.15) is 5.75 Å². The summed E-state index contributed by atoms with van der Waals surface area (Å²) in [6, 6.07) is 8.47. The molecule has 3 nitrogen and oxygen atoms in total. The van der Waals surface area contributed by atoms with Crippen LogP contribution in [0.25, 0.3) is 0 Å². The van der Waals surface area contributed by atoms with E-state index in [1.54, 1.807) is 12.1 Å². The van der Waals surface area contributed by atoms with Gasteiger partial charge in [-0.15, -0.1) is 0 Å². The van der Waals surface area contributed by atoms with E-state index in [-0.39, 0.29) is 0 Å². The van der Waals surface area contributed by atoms with Crippen molar-refractivity contribution in [3.63, 3.8) is 0 Å². The first kappa shape index (κ1) is 15.5. The van der Waals surface area contributed by atoms with Crippen molar-refractivity contribution in [2.75, 3.05) is 14.2 Å². The number of aryl methyl sites for hydroxylation is 1. The van der Waals surface area contributed by atoms with Crippen LogP contribution in [0, 0.1) is 0 Å². The molecule has 0 heterocycles. The molecule has 0 aromatic heterocycles. The van der Waals surface area contributed by atoms with Gasteiger partial charge in [-0.2, -0.15) is 0 Å². The maximum Gasteiger partial charge on any atom is 0.341 e. The fraction of sp³-hybridized carbons (Fsp3) is 0.625. The normalized spacial score (nSPS) is 17.3. The van der Waals surface area contributed by atoms with Crippen molar-refractivity contribution in [1.82, 2.24) is 0 Å².